The van der Waals surface area contributed by atoms with Gasteiger partial charge in [0.1, 0.15) is 5.82 Å². The summed E-state index contributed by atoms with van der Waals surface area (Å²) in [6, 6.07) is 7.63. The Kier molecular flexibility index (Phi) is 5.31. The molecular formula is C17H23N3O2. The summed E-state index contributed by atoms with van der Waals surface area (Å²) in [5, 5.41) is 2.86. The summed E-state index contributed by atoms with van der Waals surface area (Å²) in [4.78, 5) is 27.7. The predicted molar refractivity (Wildman–Crippen MR) is 86.7 cm³/mol. The molecule has 2 aromatic rings. The van der Waals surface area contributed by atoms with E-state index >= 15 is 0 Å². The van der Waals surface area contributed by atoms with E-state index in [9.17, 15) is 9.59 Å². The second-order valence-electron chi connectivity index (χ2n) is 5.48. The van der Waals surface area contributed by atoms with E-state index in [0.29, 0.717) is 13.0 Å². The van der Waals surface area contributed by atoms with Crippen LogP contribution < -0.4 is 5.32 Å². The Labute approximate surface area is 130 Å². The van der Waals surface area contributed by atoms with E-state index in [0.717, 1.165) is 29.7 Å². The Morgan fingerprint density at radius 2 is 2.05 bits per heavy atom. The van der Waals surface area contributed by atoms with Gasteiger partial charge in [0.05, 0.1) is 17.1 Å². The molecule has 5 nitrogen and oxygen atoms in total. The molecule has 1 aromatic carbocycles. The molecule has 0 bridgehead atoms. The molecule has 1 atom stereocenters. The van der Waals surface area contributed by atoms with Crippen molar-refractivity contribution >= 4 is 22.7 Å². The molecule has 2 rings (SSSR count). The molecule has 1 aromatic heterocycles. The fourth-order valence-corrected chi connectivity index (χ4v) is 2.48. The van der Waals surface area contributed by atoms with E-state index in [1.807, 2.05) is 42.7 Å². The summed E-state index contributed by atoms with van der Waals surface area (Å²) in [6.45, 7) is 5.97. The molecule has 1 N–H and O–H groups in total. The fourth-order valence-electron chi connectivity index (χ4n) is 2.48. The Balaban J connectivity index is 2.19. The first-order valence-electron chi connectivity index (χ1n) is 7.77. The number of ketones is 1. The average Bonchev–Trinajstić information content (AvgIpc) is 2.88. The summed E-state index contributed by atoms with van der Waals surface area (Å²) in [5.41, 5.74) is 1.89. The van der Waals surface area contributed by atoms with Gasteiger partial charge >= 0.3 is 0 Å². The van der Waals surface area contributed by atoms with E-state index < -0.39 is 0 Å². The van der Waals surface area contributed by atoms with Crippen molar-refractivity contribution in [2.75, 3.05) is 6.54 Å². The summed E-state index contributed by atoms with van der Waals surface area (Å²) in [6.07, 6.45) is 2.04. The van der Waals surface area contributed by atoms with Gasteiger partial charge in [-0.2, -0.15) is 0 Å². The van der Waals surface area contributed by atoms with Gasteiger partial charge in [0.2, 0.25) is 5.91 Å². The van der Waals surface area contributed by atoms with Crippen molar-refractivity contribution in [2.24, 2.45) is 0 Å². The molecule has 1 heterocycles. The Morgan fingerprint density at radius 1 is 1.32 bits per heavy atom. The number of aryl methyl sites for hydroxylation is 1. The molecule has 22 heavy (non-hydrogen) atoms. The van der Waals surface area contributed by atoms with Crippen LogP contribution in [0.5, 0.6) is 0 Å². The van der Waals surface area contributed by atoms with E-state index in [2.05, 4.69) is 10.3 Å². The molecule has 0 spiro atoms. The van der Waals surface area contributed by atoms with Gasteiger partial charge in [-0.05, 0) is 32.4 Å². The number of Topliss-reactive ketones (excluding diaryl/α,β-unsaturated/α-hetero) is 1. The van der Waals surface area contributed by atoms with Crippen LogP contribution in [-0.2, 0) is 16.0 Å². The van der Waals surface area contributed by atoms with Crippen LogP contribution in [0.15, 0.2) is 24.3 Å². The van der Waals surface area contributed by atoms with Crippen molar-refractivity contribution in [3.05, 3.63) is 30.1 Å². The number of fused-ring (bicyclic) bond motifs is 1. The van der Waals surface area contributed by atoms with Crippen molar-refractivity contribution in [3.63, 3.8) is 0 Å². The van der Waals surface area contributed by atoms with Gasteiger partial charge in [0.25, 0.3) is 0 Å². The van der Waals surface area contributed by atoms with Crippen LogP contribution in [0.4, 0.5) is 0 Å². The first kappa shape index (κ1) is 16.2. The van der Waals surface area contributed by atoms with E-state index in [-0.39, 0.29) is 17.7 Å². The number of para-hydroxylation sites is 2. The maximum absolute atomic E-state index is 11.8. The number of benzene rings is 1. The third-order valence-electron chi connectivity index (χ3n) is 3.86. The number of carbonyl (C=O) groups is 2. The lowest BCUT2D eigenvalue weighted by molar-refractivity contribution is -0.121. The molecule has 0 aliphatic carbocycles. The first-order valence-corrected chi connectivity index (χ1v) is 7.77. The number of aromatic nitrogens is 2. The smallest absolute Gasteiger partial charge is 0.219 e. The fraction of sp³-hybridized carbons (Fsp3) is 0.471. The van der Waals surface area contributed by atoms with Crippen LogP contribution in [0.2, 0.25) is 0 Å². The molecule has 0 saturated heterocycles. The van der Waals surface area contributed by atoms with Crippen molar-refractivity contribution < 1.29 is 9.59 Å². The average molecular weight is 301 g/mol. The Bertz CT molecular complexity index is 676. The molecule has 0 radical (unpaired) electrons. The summed E-state index contributed by atoms with van der Waals surface area (Å²) in [5.74, 6) is 1.07. The second kappa shape index (κ2) is 7.20. The van der Waals surface area contributed by atoms with Crippen LogP contribution in [0.3, 0.4) is 0 Å². The van der Waals surface area contributed by atoms with Crippen LogP contribution in [-0.4, -0.2) is 27.8 Å². The largest absolute Gasteiger partial charge is 0.356 e. The van der Waals surface area contributed by atoms with Gasteiger partial charge < -0.3 is 9.88 Å². The number of hydrogen-bond acceptors (Lipinski definition) is 3. The third-order valence-corrected chi connectivity index (χ3v) is 3.86. The van der Waals surface area contributed by atoms with E-state index in [4.69, 9.17) is 0 Å². The number of nitrogens with one attached hydrogen (secondary N) is 1. The molecule has 1 unspecified atom stereocenters. The number of carbonyl (C=O) groups excluding carboxylic acids is 2. The number of imidazole rings is 1. The van der Waals surface area contributed by atoms with Gasteiger partial charge in [-0.1, -0.05) is 19.1 Å². The lowest BCUT2D eigenvalue weighted by Gasteiger charge is -2.15. The van der Waals surface area contributed by atoms with Gasteiger partial charge in [0.15, 0.2) is 5.78 Å². The SMILES string of the molecule is CCC(=O)NCCCc1nc2ccccc2n1C(C)C(C)=O. The summed E-state index contributed by atoms with van der Waals surface area (Å²) in [7, 11) is 0. The molecule has 0 saturated carbocycles. The number of nitrogens with zero attached hydrogens (tertiary/aromatic N) is 2. The molecule has 5 heteroatoms. The normalized spacial score (nSPS) is 12.3. The molecular weight excluding hydrogens is 278 g/mol. The van der Waals surface area contributed by atoms with Gasteiger partial charge in [-0.15, -0.1) is 0 Å². The molecule has 0 aliphatic rings. The van der Waals surface area contributed by atoms with Crippen LogP contribution >= 0.6 is 0 Å². The standard InChI is InChI=1S/C17H23N3O2/c1-4-17(22)18-11-7-10-16-19-14-8-5-6-9-15(14)20(16)12(2)13(3)21/h5-6,8-9,12H,4,7,10-11H2,1-3H3,(H,18,22). The minimum Gasteiger partial charge on any atom is -0.356 e. The van der Waals surface area contributed by atoms with E-state index in [1.54, 1.807) is 6.92 Å². The predicted octanol–water partition coefficient (Wildman–Crippen LogP) is 2.65. The summed E-state index contributed by atoms with van der Waals surface area (Å²) < 4.78 is 2.01. The number of hydrogen-bond donors (Lipinski definition) is 1. The van der Waals surface area contributed by atoms with E-state index in [1.165, 1.54) is 0 Å². The van der Waals surface area contributed by atoms with Crippen molar-refractivity contribution in [1.29, 1.82) is 0 Å². The Hall–Kier alpha value is -2.17. The maximum atomic E-state index is 11.8. The van der Waals surface area contributed by atoms with Gasteiger partial charge in [0, 0.05) is 19.4 Å². The highest BCUT2D eigenvalue weighted by atomic mass is 16.1. The monoisotopic (exact) mass is 301 g/mol. The quantitative estimate of drug-likeness (QED) is 0.800. The zero-order valence-corrected chi connectivity index (χ0v) is 13.4. The minimum atomic E-state index is -0.229. The number of rotatable bonds is 7. The lowest BCUT2D eigenvalue weighted by atomic mass is 10.2. The van der Waals surface area contributed by atoms with Gasteiger partial charge in [-0.3, -0.25) is 9.59 Å². The number of amides is 1. The highest BCUT2D eigenvalue weighted by molar-refractivity contribution is 5.83. The molecule has 0 fully saturated rings. The van der Waals surface area contributed by atoms with Crippen molar-refractivity contribution in [3.8, 4) is 0 Å². The highest BCUT2D eigenvalue weighted by Crippen LogP contribution is 2.22. The highest BCUT2D eigenvalue weighted by Gasteiger charge is 2.18. The minimum absolute atomic E-state index is 0.0607. The van der Waals surface area contributed by atoms with Crippen LogP contribution in [0, 0.1) is 0 Å². The molecule has 0 aliphatic heterocycles. The second-order valence-corrected chi connectivity index (χ2v) is 5.48. The third kappa shape index (κ3) is 3.53. The van der Waals surface area contributed by atoms with Crippen LogP contribution in [0.1, 0.15) is 45.5 Å². The molecule has 1 amide bonds. The Morgan fingerprint density at radius 3 is 2.73 bits per heavy atom. The zero-order chi connectivity index (χ0) is 16.1. The van der Waals surface area contributed by atoms with Crippen molar-refractivity contribution in [2.45, 2.75) is 46.1 Å². The van der Waals surface area contributed by atoms with Gasteiger partial charge in [-0.25, -0.2) is 4.98 Å². The lowest BCUT2D eigenvalue weighted by Crippen LogP contribution is -2.24. The van der Waals surface area contributed by atoms with Crippen LogP contribution in [0.25, 0.3) is 11.0 Å². The first-order chi connectivity index (χ1) is 10.5. The molecule has 118 valence electrons. The summed E-state index contributed by atoms with van der Waals surface area (Å²) >= 11 is 0. The maximum Gasteiger partial charge on any atom is 0.219 e. The topological polar surface area (TPSA) is 64.0 Å². The zero-order valence-electron chi connectivity index (χ0n) is 13.4. The van der Waals surface area contributed by atoms with Crippen molar-refractivity contribution in [1.82, 2.24) is 14.9 Å².